The van der Waals surface area contributed by atoms with Gasteiger partial charge in [0.1, 0.15) is 12.4 Å². The molecule has 0 radical (unpaired) electrons. The molecule has 1 atom stereocenters. The minimum atomic E-state index is -1.43. The molecule has 6 heteroatoms. The lowest BCUT2D eigenvalue weighted by Gasteiger charge is -2.29. The Morgan fingerprint density at radius 3 is 2.29 bits per heavy atom. The molecule has 1 unspecified atom stereocenters. The quantitative estimate of drug-likeness (QED) is 0.629. The molecule has 118 valence electrons. The molecule has 0 aliphatic heterocycles. The second kappa shape index (κ2) is 9.05. The van der Waals surface area contributed by atoms with Gasteiger partial charge in [-0.1, -0.05) is 19.1 Å². The van der Waals surface area contributed by atoms with Crippen molar-refractivity contribution >= 4 is 12.6 Å². The zero-order valence-electron chi connectivity index (χ0n) is 13.5. The number of rotatable bonds is 9. The molecule has 0 fully saturated rings. The molecule has 0 bridgehead atoms. The summed E-state index contributed by atoms with van der Waals surface area (Å²) in [6, 6.07) is 7.32. The van der Waals surface area contributed by atoms with Crippen molar-refractivity contribution in [3.63, 3.8) is 0 Å². The summed E-state index contributed by atoms with van der Waals surface area (Å²) in [6.45, 7) is 7.89. The Morgan fingerprint density at radius 1 is 1.19 bits per heavy atom. The third-order valence-electron chi connectivity index (χ3n) is 3.48. The van der Waals surface area contributed by atoms with Gasteiger partial charge in [0.05, 0.1) is 0 Å². The second-order valence-electron chi connectivity index (χ2n) is 5.53. The van der Waals surface area contributed by atoms with E-state index >= 15 is 0 Å². The first-order valence-electron chi connectivity index (χ1n) is 7.41. The molecular formula is C15H27BN2O3. The van der Waals surface area contributed by atoms with Crippen LogP contribution in [0.25, 0.3) is 0 Å². The number of likely N-dealkylation sites (N-methyl/N-ethyl adjacent to an activating group) is 2. The van der Waals surface area contributed by atoms with Gasteiger partial charge in [0.2, 0.25) is 0 Å². The van der Waals surface area contributed by atoms with Crippen molar-refractivity contribution < 1.29 is 14.8 Å². The predicted molar refractivity (Wildman–Crippen MR) is 87.0 cm³/mol. The molecule has 0 heterocycles. The molecule has 5 nitrogen and oxygen atoms in total. The van der Waals surface area contributed by atoms with Gasteiger partial charge >= 0.3 is 7.12 Å². The first-order chi connectivity index (χ1) is 9.93. The SMILES string of the molecule is CCN(CCOc1ccc(B(O)O)cc1)C(C)CN(C)C. The van der Waals surface area contributed by atoms with E-state index in [0.717, 1.165) is 25.4 Å². The van der Waals surface area contributed by atoms with Crippen LogP contribution in [0.2, 0.25) is 0 Å². The topological polar surface area (TPSA) is 56.2 Å². The zero-order valence-corrected chi connectivity index (χ0v) is 13.5. The molecule has 0 saturated heterocycles. The molecule has 0 amide bonds. The molecule has 2 N–H and O–H groups in total. The Bertz CT molecular complexity index is 398. The standard InChI is InChI=1S/C15H27BN2O3/c1-5-18(13(2)12-17(3)4)10-11-21-15-8-6-14(7-9-15)16(19)20/h6-9,13,19-20H,5,10-12H2,1-4H3. The summed E-state index contributed by atoms with van der Waals surface area (Å²) in [7, 11) is 2.73. The Labute approximate surface area is 128 Å². The van der Waals surface area contributed by atoms with E-state index in [4.69, 9.17) is 14.8 Å². The Kier molecular flexibility index (Phi) is 7.74. The van der Waals surface area contributed by atoms with Crippen molar-refractivity contribution in [2.45, 2.75) is 19.9 Å². The van der Waals surface area contributed by atoms with Gasteiger partial charge < -0.3 is 19.7 Å². The van der Waals surface area contributed by atoms with E-state index in [9.17, 15) is 0 Å². The highest BCUT2D eigenvalue weighted by Gasteiger charge is 2.13. The van der Waals surface area contributed by atoms with Crippen molar-refractivity contribution in [1.82, 2.24) is 9.80 Å². The van der Waals surface area contributed by atoms with Crippen LogP contribution in [0.4, 0.5) is 0 Å². The van der Waals surface area contributed by atoms with Gasteiger partial charge in [-0.25, -0.2) is 0 Å². The molecule has 1 aromatic carbocycles. The zero-order chi connectivity index (χ0) is 15.8. The Morgan fingerprint density at radius 2 is 1.81 bits per heavy atom. The first-order valence-corrected chi connectivity index (χ1v) is 7.41. The van der Waals surface area contributed by atoms with E-state index in [1.54, 1.807) is 24.3 Å². The van der Waals surface area contributed by atoms with Gasteiger partial charge in [-0.3, -0.25) is 4.90 Å². The van der Waals surface area contributed by atoms with Gasteiger partial charge in [0.25, 0.3) is 0 Å². The monoisotopic (exact) mass is 294 g/mol. The maximum atomic E-state index is 9.03. The molecule has 0 aliphatic carbocycles. The van der Waals surface area contributed by atoms with Crippen molar-refractivity contribution in [3.8, 4) is 5.75 Å². The van der Waals surface area contributed by atoms with Crippen molar-refractivity contribution in [2.24, 2.45) is 0 Å². The predicted octanol–water partition coefficient (Wildman–Crippen LogP) is 0.0172. The summed E-state index contributed by atoms with van der Waals surface area (Å²) in [6.07, 6.45) is 0. The van der Waals surface area contributed by atoms with E-state index in [1.807, 2.05) is 0 Å². The van der Waals surface area contributed by atoms with Crippen LogP contribution in [0.1, 0.15) is 13.8 Å². The van der Waals surface area contributed by atoms with Crippen LogP contribution in [-0.2, 0) is 0 Å². The molecule has 21 heavy (non-hydrogen) atoms. The first kappa shape index (κ1) is 18.0. The summed E-state index contributed by atoms with van der Waals surface area (Å²) in [5, 5.41) is 18.1. The van der Waals surface area contributed by atoms with Crippen LogP contribution in [0.5, 0.6) is 5.75 Å². The van der Waals surface area contributed by atoms with Crippen molar-refractivity contribution in [2.75, 3.05) is 40.3 Å². The number of hydrogen-bond donors (Lipinski definition) is 2. The number of ether oxygens (including phenoxy) is 1. The highest BCUT2D eigenvalue weighted by atomic mass is 16.5. The van der Waals surface area contributed by atoms with Crippen LogP contribution >= 0.6 is 0 Å². The summed E-state index contributed by atoms with van der Waals surface area (Å²) < 4.78 is 5.71. The Balaban J connectivity index is 2.40. The second-order valence-corrected chi connectivity index (χ2v) is 5.53. The van der Waals surface area contributed by atoms with Crippen LogP contribution in [-0.4, -0.2) is 73.3 Å². The number of benzene rings is 1. The van der Waals surface area contributed by atoms with Crippen LogP contribution in [0.3, 0.4) is 0 Å². The lowest BCUT2D eigenvalue weighted by Crippen LogP contribution is -2.42. The van der Waals surface area contributed by atoms with Crippen molar-refractivity contribution in [3.05, 3.63) is 24.3 Å². The van der Waals surface area contributed by atoms with E-state index in [-0.39, 0.29) is 0 Å². The normalized spacial score (nSPS) is 12.8. The van der Waals surface area contributed by atoms with E-state index in [1.165, 1.54) is 0 Å². The lowest BCUT2D eigenvalue weighted by atomic mass is 9.80. The Hall–Kier alpha value is -1.08. The molecule has 1 rings (SSSR count). The lowest BCUT2D eigenvalue weighted by molar-refractivity contribution is 0.152. The van der Waals surface area contributed by atoms with Gasteiger partial charge in [-0.05, 0) is 45.2 Å². The maximum absolute atomic E-state index is 9.03. The van der Waals surface area contributed by atoms with Crippen LogP contribution in [0.15, 0.2) is 24.3 Å². The smallest absolute Gasteiger partial charge is 0.488 e. The molecule has 0 aliphatic rings. The van der Waals surface area contributed by atoms with Crippen molar-refractivity contribution in [1.29, 1.82) is 0 Å². The summed E-state index contributed by atoms with van der Waals surface area (Å²) in [5.41, 5.74) is 0.470. The van der Waals surface area contributed by atoms with Gasteiger partial charge in [-0.2, -0.15) is 0 Å². The third-order valence-corrected chi connectivity index (χ3v) is 3.48. The minimum absolute atomic E-state index is 0.470. The van der Waals surface area contributed by atoms with Gasteiger partial charge in [0.15, 0.2) is 0 Å². The maximum Gasteiger partial charge on any atom is 0.488 e. The highest BCUT2D eigenvalue weighted by Crippen LogP contribution is 2.08. The summed E-state index contributed by atoms with van der Waals surface area (Å²) in [4.78, 5) is 4.57. The largest absolute Gasteiger partial charge is 0.492 e. The third kappa shape index (κ3) is 6.48. The summed E-state index contributed by atoms with van der Waals surface area (Å²) in [5.74, 6) is 0.746. The average Bonchev–Trinajstić information content (AvgIpc) is 2.43. The van der Waals surface area contributed by atoms with Gasteiger partial charge in [-0.15, -0.1) is 0 Å². The summed E-state index contributed by atoms with van der Waals surface area (Å²) >= 11 is 0. The van der Waals surface area contributed by atoms with Crippen LogP contribution in [0, 0.1) is 0 Å². The minimum Gasteiger partial charge on any atom is -0.492 e. The molecule has 0 spiro atoms. The fourth-order valence-electron chi connectivity index (χ4n) is 2.35. The molecule has 1 aromatic rings. The number of hydrogen-bond acceptors (Lipinski definition) is 5. The van der Waals surface area contributed by atoms with Gasteiger partial charge in [0, 0.05) is 19.1 Å². The molecule has 0 saturated carbocycles. The molecular weight excluding hydrogens is 267 g/mol. The van der Waals surface area contributed by atoms with Crippen LogP contribution < -0.4 is 10.2 Å². The molecule has 0 aromatic heterocycles. The average molecular weight is 294 g/mol. The fraction of sp³-hybridized carbons (Fsp3) is 0.600. The van der Waals surface area contributed by atoms with E-state index < -0.39 is 7.12 Å². The fourth-order valence-corrected chi connectivity index (χ4v) is 2.35. The number of nitrogens with zero attached hydrogens (tertiary/aromatic N) is 2. The van der Waals surface area contributed by atoms with E-state index in [0.29, 0.717) is 18.1 Å². The highest BCUT2D eigenvalue weighted by molar-refractivity contribution is 6.58. The van der Waals surface area contributed by atoms with E-state index in [2.05, 4.69) is 37.7 Å².